The normalized spacial score (nSPS) is 20.6. The highest BCUT2D eigenvalue weighted by Gasteiger charge is 2.47. The monoisotopic (exact) mass is 630 g/mol. The maximum absolute atomic E-state index is 13.7. The number of nitrogens with zero attached hydrogens (tertiary/aromatic N) is 6. The number of benzene rings is 2. The van der Waals surface area contributed by atoms with Crippen LogP contribution < -0.4 is 16.2 Å². The number of ether oxygens (including phenoxy) is 1. The van der Waals surface area contributed by atoms with E-state index in [1.807, 2.05) is 54.4 Å². The van der Waals surface area contributed by atoms with Gasteiger partial charge in [-0.1, -0.05) is 29.4 Å². The first-order chi connectivity index (χ1) is 22.9. The standard InChI is InChI=1S/C35H34N8O4/c1-41-30-25(13-23(15-28(30)46-2)34(44)43-17-22-10-12-26(43)29(22)36)38-33(41)27-14-21-9-11-24(37-32(21)42(27)16-18-3-4-18)19-5-7-20(8-6-19)31-39-35(45)47-40-31/h5-9,11,13-15,18,22,26,29H,3-4,10,12,16-17,36H2,1-2H3,(H,39,40,45)/t22?,26?,29-/m1/s1. The fourth-order valence-electron chi connectivity index (χ4n) is 7.64. The Balaban J connectivity index is 1.12. The number of methoxy groups -OCH3 is 1. The summed E-state index contributed by atoms with van der Waals surface area (Å²) in [5, 5.41) is 4.80. The zero-order valence-electron chi connectivity index (χ0n) is 26.1. The molecule has 3 atom stereocenters. The molecule has 2 saturated carbocycles. The van der Waals surface area contributed by atoms with Crippen LogP contribution in [0.1, 0.15) is 36.0 Å². The predicted molar refractivity (Wildman–Crippen MR) is 176 cm³/mol. The molecule has 2 unspecified atom stereocenters. The molecular weight excluding hydrogens is 596 g/mol. The lowest BCUT2D eigenvalue weighted by Gasteiger charge is -2.27. The van der Waals surface area contributed by atoms with Crippen molar-refractivity contribution in [2.24, 2.45) is 24.6 Å². The van der Waals surface area contributed by atoms with Gasteiger partial charge in [0, 0.05) is 54.3 Å². The minimum absolute atomic E-state index is 0.0121. The second-order valence-corrected chi connectivity index (χ2v) is 13.2. The molecule has 3 N–H and O–H groups in total. The van der Waals surface area contributed by atoms with E-state index in [2.05, 4.69) is 35.9 Å². The molecule has 9 rings (SSSR count). The summed E-state index contributed by atoms with van der Waals surface area (Å²) in [6.07, 6.45) is 4.43. The Morgan fingerprint density at radius 3 is 2.53 bits per heavy atom. The number of hydrogen-bond acceptors (Lipinski definition) is 8. The van der Waals surface area contributed by atoms with Gasteiger partial charge in [-0.05, 0) is 67.9 Å². The van der Waals surface area contributed by atoms with E-state index in [1.165, 1.54) is 12.8 Å². The third-order valence-corrected chi connectivity index (χ3v) is 10.3. The van der Waals surface area contributed by atoms with Crippen LogP contribution in [-0.4, -0.2) is 65.8 Å². The maximum Gasteiger partial charge on any atom is 0.439 e. The fourth-order valence-corrected chi connectivity index (χ4v) is 7.64. The smallest absolute Gasteiger partial charge is 0.439 e. The number of fused-ring (bicyclic) bond motifs is 4. The van der Waals surface area contributed by atoms with E-state index < -0.39 is 5.76 Å². The van der Waals surface area contributed by atoms with Gasteiger partial charge in [0.2, 0.25) is 0 Å². The highest BCUT2D eigenvalue weighted by molar-refractivity contribution is 6.00. The van der Waals surface area contributed by atoms with E-state index in [1.54, 1.807) is 7.11 Å². The number of H-pyrrole nitrogens is 1. The molecule has 1 amide bonds. The Labute approximate surface area is 269 Å². The molecule has 47 heavy (non-hydrogen) atoms. The summed E-state index contributed by atoms with van der Waals surface area (Å²) in [6, 6.07) is 17.9. The number of hydrogen-bond donors (Lipinski definition) is 2. The quantitative estimate of drug-likeness (QED) is 0.260. The van der Waals surface area contributed by atoms with Crippen molar-refractivity contribution in [1.82, 2.24) is 34.1 Å². The highest BCUT2D eigenvalue weighted by Crippen LogP contribution is 2.40. The lowest BCUT2D eigenvalue weighted by molar-refractivity contribution is 0.0700. The number of piperidine rings is 1. The average molecular weight is 631 g/mol. The van der Waals surface area contributed by atoms with Crippen molar-refractivity contribution in [3.05, 3.63) is 70.7 Å². The van der Waals surface area contributed by atoms with Gasteiger partial charge in [0.15, 0.2) is 11.6 Å². The van der Waals surface area contributed by atoms with Gasteiger partial charge >= 0.3 is 5.76 Å². The second kappa shape index (κ2) is 10.4. The molecule has 6 aromatic rings. The zero-order valence-corrected chi connectivity index (χ0v) is 26.1. The summed E-state index contributed by atoms with van der Waals surface area (Å²) in [6.45, 7) is 1.55. The van der Waals surface area contributed by atoms with Crippen molar-refractivity contribution in [3.63, 3.8) is 0 Å². The Morgan fingerprint density at radius 2 is 1.85 bits per heavy atom. The molecule has 5 heterocycles. The van der Waals surface area contributed by atoms with Gasteiger partial charge in [0.1, 0.15) is 16.9 Å². The molecule has 12 nitrogen and oxygen atoms in total. The van der Waals surface area contributed by atoms with Gasteiger partial charge in [-0.3, -0.25) is 14.3 Å². The van der Waals surface area contributed by atoms with Crippen LogP contribution in [0.25, 0.3) is 56.2 Å². The van der Waals surface area contributed by atoms with Gasteiger partial charge in [0.25, 0.3) is 5.91 Å². The molecule has 12 heteroatoms. The Morgan fingerprint density at radius 1 is 1.04 bits per heavy atom. The highest BCUT2D eigenvalue weighted by atomic mass is 16.5. The Bertz CT molecular complexity index is 2260. The van der Waals surface area contributed by atoms with Crippen LogP contribution in [0.3, 0.4) is 0 Å². The second-order valence-electron chi connectivity index (χ2n) is 13.2. The summed E-state index contributed by atoms with van der Waals surface area (Å²) >= 11 is 0. The van der Waals surface area contributed by atoms with Crippen molar-refractivity contribution in [2.75, 3.05) is 13.7 Å². The number of nitrogens with one attached hydrogen (secondary N) is 1. The summed E-state index contributed by atoms with van der Waals surface area (Å²) in [5.41, 5.74) is 12.9. The van der Waals surface area contributed by atoms with Gasteiger partial charge in [-0.25, -0.2) is 14.8 Å². The lowest BCUT2D eigenvalue weighted by Crippen LogP contribution is -2.41. The number of likely N-dealkylation sites (tertiary alicyclic amines) is 1. The van der Waals surface area contributed by atoms with Crippen LogP contribution in [0, 0.1) is 11.8 Å². The SMILES string of the molecule is COc1cc(C(=O)N2CC3CCC2[C@@H]3N)cc2nc(-c3cc4ccc(-c5ccc(-c6noc(=O)[nH]6)cc5)nc4n3CC3CC3)n(C)c12. The van der Waals surface area contributed by atoms with Crippen molar-refractivity contribution >= 4 is 28.0 Å². The van der Waals surface area contributed by atoms with E-state index in [-0.39, 0.29) is 18.0 Å². The molecular formula is C35H34N8O4. The van der Waals surface area contributed by atoms with Crippen LogP contribution >= 0.6 is 0 Å². The molecule has 0 spiro atoms. The van der Waals surface area contributed by atoms with Crippen LogP contribution in [0.15, 0.2) is 63.9 Å². The molecule has 0 radical (unpaired) electrons. The third kappa shape index (κ3) is 4.49. The predicted octanol–water partition coefficient (Wildman–Crippen LogP) is 4.58. The van der Waals surface area contributed by atoms with Crippen LogP contribution in [-0.2, 0) is 13.6 Å². The van der Waals surface area contributed by atoms with E-state index in [0.717, 1.165) is 64.3 Å². The number of aryl methyl sites for hydroxylation is 1. The number of pyridine rings is 1. The molecule has 1 aliphatic heterocycles. The number of carbonyl (C=O) groups is 1. The van der Waals surface area contributed by atoms with Gasteiger partial charge in [-0.15, -0.1) is 0 Å². The molecule has 2 aliphatic carbocycles. The molecule has 1 saturated heterocycles. The minimum atomic E-state index is -0.588. The van der Waals surface area contributed by atoms with E-state index >= 15 is 0 Å². The number of rotatable bonds is 7. The van der Waals surface area contributed by atoms with Gasteiger partial charge in [-0.2, -0.15) is 0 Å². The first-order valence-corrected chi connectivity index (χ1v) is 16.1. The number of aromatic nitrogens is 6. The number of carbonyl (C=O) groups excluding carboxylic acids is 1. The summed E-state index contributed by atoms with van der Waals surface area (Å²) in [5.74, 6) is 2.16. The van der Waals surface area contributed by atoms with Crippen LogP contribution in [0.2, 0.25) is 0 Å². The zero-order chi connectivity index (χ0) is 32.0. The number of nitrogens with two attached hydrogens (primary N) is 1. The van der Waals surface area contributed by atoms with Crippen LogP contribution in [0.5, 0.6) is 5.75 Å². The van der Waals surface area contributed by atoms with Gasteiger partial charge in [0.05, 0.1) is 24.0 Å². The summed E-state index contributed by atoms with van der Waals surface area (Å²) in [4.78, 5) is 39.9. The number of aromatic amines is 1. The molecule has 2 aromatic carbocycles. The first-order valence-electron chi connectivity index (χ1n) is 16.1. The van der Waals surface area contributed by atoms with Crippen molar-refractivity contribution in [3.8, 4) is 39.9 Å². The summed E-state index contributed by atoms with van der Waals surface area (Å²) < 4.78 is 14.9. The molecule has 238 valence electrons. The lowest BCUT2D eigenvalue weighted by atomic mass is 10.1. The Kier molecular flexibility index (Phi) is 6.20. The van der Waals surface area contributed by atoms with Crippen molar-refractivity contribution < 1.29 is 14.1 Å². The van der Waals surface area contributed by atoms with Crippen molar-refractivity contribution in [1.29, 1.82) is 0 Å². The molecule has 2 bridgehead atoms. The number of imidazole rings is 1. The van der Waals surface area contributed by atoms with E-state index in [0.29, 0.717) is 41.0 Å². The van der Waals surface area contributed by atoms with E-state index in [9.17, 15) is 9.59 Å². The third-order valence-electron chi connectivity index (χ3n) is 10.3. The number of amides is 1. The molecule has 3 fully saturated rings. The molecule has 4 aromatic heterocycles. The van der Waals surface area contributed by atoms with Gasteiger partial charge < -0.3 is 24.5 Å². The largest absolute Gasteiger partial charge is 0.494 e. The van der Waals surface area contributed by atoms with Crippen LogP contribution in [0.4, 0.5) is 0 Å². The van der Waals surface area contributed by atoms with E-state index in [4.69, 9.17) is 20.4 Å². The average Bonchev–Trinajstić information content (AvgIpc) is 3.34. The van der Waals surface area contributed by atoms with Crippen molar-refractivity contribution in [2.45, 2.75) is 44.3 Å². The minimum Gasteiger partial charge on any atom is -0.494 e. The topological polar surface area (TPSA) is 150 Å². The maximum atomic E-state index is 13.7. The molecule has 3 aliphatic rings. The first kappa shape index (κ1) is 28.0. The fraction of sp³-hybridized carbons (Fsp3) is 0.343. The Hall–Kier alpha value is -5.23. The summed E-state index contributed by atoms with van der Waals surface area (Å²) in [7, 11) is 3.63.